The highest BCUT2D eigenvalue weighted by Crippen LogP contribution is 2.36. The van der Waals surface area contributed by atoms with Crippen LogP contribution in [0.15, 0.2) is 53.5 Å². The Morgan fingerprint density at radius 2 is 1.83 bits per heavy atom. The fourth-order valence-corrected chi connectivity index (χ4v) is 3.20. The van der Waals surface area contributed by atoms with Gasteiger partial charge in [0, 0.05) is 23.7 Å². The molecule has 0 spiro atoms. The minimum atomic E-state index is -0.322. The van der Waals surface area contributed by atoms with Crippen LogP contribution < -0.4 is 16.3 Å². The molecule has 0 saturated carbocycles. The highest BCUT2D eigenvalue weighted by molar-refractivity contribution is 6.24. The number of nitrogens with two attached hydrogens (primary N) is 1. The number of carbonyl (C=O) groups excluding carboxylic acids is 1. The number of aromatic nitrogens is 1. The maximum Gasteiger partial charge on any atom is 0.279 e. The highest BCUT2D eigenvalue weighted by atomic mass is 16.3. The zero-order valence-electron chi connectivity index (χ0n) is 12.4. The van der Waals surface area contributed by atoms with E-state index in [2.05, 4.69) is 4.99 Å². The van der Waals surface area contributed by atoms with Gasteiger partial charge in [0.1, 0.15) is 0 Å². The maximum atomic E-state index is 12.4. The lowest BCUT2D eigenvalue weighted by molar-refractivity contribution is -0.112. The van der Waals surface area contributed by atoms with Crippen molar-refractivity contribution in [3.8, 4) is 5.88 Å². The minimum Gasteiger partial charge on any atom is -0.494 e. The second-order valence-corrected chi connectivity index (χ2v) is 5.47. The van der Waals surface area contributed by atoms with Gasteiger partial charge in [-0.1, -0.05) is 36.4 Å². The van der Waals surface area contributed by atoms with Crippen molar-refractivity contribution in [3.05, 3.63) is 64.7 Å². The van der Waals surface area contributed by atoms with Crippen molar-refractivity contribution >= 4 is 22.4 Å². The molecule has 3 N–H and O–H groups in total. The van der Waals surface area contributed by atoms with Crippen molar-refractivity contribution in [1.82, 2.24) is 4.57 Å². The molecule has 3 aromatic rings. The van der Waals surface area contributed by atoms with E-state index < -0.39 is 0 Å². The van der Waals surface area contributed by atoms with Gasteiger partial charge in [0.05, 0.1) is 22.0 Å². The standard InChI is InChI=1S/C18H15N3O2/c19-9-10-21-14-8-4-2-6-12(14)16(18(21)23)15-11-5-1-3-7-13(11)20-17(15)22/h1-8,23H,9-10,19H2. The van der Waals surface area contributed by atoms with E-state index in [4.69, 9.17) is 5.73 Å². The van der Waals surface area contributed by atoms with Gasteiger partial charge in [-0.2, -0.15) is 0 Å². The molecule has 114 valence electrons. The summed E-state index contributed by atoms with van der Waals surface area (Å²) >= 11 is 0. The number of benzene rings is 2. The third-order valence-corrected chi connectivity index (χ3v) is 4.16. The summed E-state index contributed by atoms with van der Waals surface area (Å²) in [7, 11) is 0. The number of aromatic hydroxyl groups is 1. The predicted molar refractivity (Wildman–Crippen MR) is 87.4 cm³/mol. The number of hydrogen-bond acceptors (Lipinski definition) is 3. The summed E-state index contributed by atoms with van der Waals surface area (Å²) in [5.74, 6) is -0.260. The van der Waals surface area contributed by atoms with E-state index in [1.54, 1.807) is 10.6 Å². The average molecular weight is 305 g/mol. The minimum absolute atomic E-state index is 0.0619. The maximum absolute atomic E-state index is 12.4. The van der Waals surface area contributed by atoms with Gasteiger partial charge in [0.25, 0.3) is 5.91 Å². The van der Waals surface area contributed by atoms with Crippen LogP contribution in [-0.2, 0) is 11.3 Å². The first-order valence-corrected chi connectivity index (χ1v) is 7.45. The second kappa shape index (κ2) is 5.07. The monoisotopic (exact) mass is 305 g/mol. The van der Waals surface area contributed by atoms with Crippen molar-refractivity contribution in [2.24, 2.45) is 10.7 Å². The van der Waals surface area contributed by atoms with E-state index in [9.17, 15) is 9.90 Å². The third kappa shape index (κ3) is 1.90. The first-order valence-electron chi connectivity index (χ1n) is 7.45. The normalized spacial score (nSPS) is 13.4. The van der Waals surface area contributed by atoms with Crippen LogP contribution in [0, 0.1) is 0 Å². The van der Waals surface area contributed by atoms with Gasteiger partial charge in [-0.15, -0.1) is 0 Å². The molecule has 0 radical (unpaired) electrons. The fourth-order valence-electron chi connectivity index (χ4n) is 3.20. The molecule has 1 aromatic heterocycles. The zero-order chi connectivity index (χ0) is 16.0. The Hall–Kier alpha value is -2.92. The number of hydrogen-bond donors (Lipinski definition) is 2. The van der Waals surface area contributed by atoms with Crippen molar-refractivity contribution in [1.29, 1.82) is 0 Å². The predicted octanol–water partition coefficient (Wildman–Crippen LogP) is 0.664. The molecular weight excluding hydrogens is 290 g/mol. The van der Waals surface area contributed by atoms with Gasteiger partial charge in [0.15, 0.2) is 5.88 Å². The Balaban J connectivity index is 2.15. The van der Waals surface area contributed by atoms with Crippen LogP contribution in [0.5, 0.6) is 5.88 Å². The average Bonchev–Trinajstić information content (AvgIpc) is 3.02. The summed E-state index contributed by atoms with van der Waals surface area (Å²) in [6.07, 6.45) is 0. The molecule has 0 atom stereocenters. The first kappa shape index (κ1) is 13.7. The molecular formula is C18H15N3O2. The first-order chi connectivity index (χ1) is 11.2. The third-order valence-electron chi connectivity index (χ3n) is 4.16. The molecule has 23 heavy (non-hydrogen) atoms. The Kier molecular flexibility index (Phi) is 3.02. The quantitative estimate of drug-likeness (QED) is 0.746. The van der Waals surface area contributed by atoms with E-state index >= 15 is 0 Å². The summed E-state index contributed by atoms with van der Waals surface area (Å²) in [4.78, 5) is 16.5. The van der Waals surface area contributed by atoms with E-state index in [-0.39, 0.29) is 11.8 Å². The molecule has 0 aliphatic carbocycles. The van der Waals surface area contributed by atoms with E-state index in [1.165, 1.54) is 0 Å². The molecule has 1 aliphatic heterocycles. The summed E-state index contributed by atoms with van der Waals surface area (Å²) in [6.45, 7) is 0.878. The van der Waals surface area contributed by atoms with Crippen LogP contribution in [-0.4, -0.2) is 22.1 Å². The number of amides is 1. The van der Waals surface area contributed by atoms with Gasteiger partial charge in [-0.3, -0.25) is 4.79 Å². The topological polar surface area (TPSA) is 80.6 Å². The largest absolute Gasteiger partial charge is 0.494 e. The van der Waals surface area contributed by atoms with Crippen molar-refractivity contribution < 1.29 is 9.90 Å². The SMILES string of the molecule is NCCn1c(O)c(C2=c3ccccc3=NC2=O)c2ccccc21. The zero-order valence-corrected chi connectivity index (χ0v) is 12.4. The molecule has 0 saturated heterocycles. The molecule has 2 heterocycles. The number of nitrogens with zero attached hydrogens (tertiary/aromatic N) is 2. The lowest BCUT2D eigenvalue weighted by Crippen LogP contribution is -2.22. The molecule has 0 bridgehead atoms. The van der Waals surface area contributed by atoms with E-state index in [0.29, 0.717) is 29.6 Å². The van der Waals surface area contributed by atoms with Crippen LogP contribution in [0.25, 0.3) is 16.5 Å². The lowest BCUT2D eigenvalue weighted by atomic mass is 10.0. The molecule has 5 heteroatoms. The van der Waals surface area contributed by atoms with E-state index in [0.717, 1.165) is 16.1 Å². The van der Waals surface area contributed by atoms with Crippen molar-refractivity contribution in [3.63, 3.8) is 0 Å². The smallest absolute Gasteiger partial charge is 0.279 e. The molecule has 1 amide bonds. The van der Waals surface area contributed by atoms with Crippen LogP contribution >= 0.6 is 0 Å². The van der Waals surface area contributed by atoms with Crippen LogP contribution in [0.1, 0.15) is 5.56 Å². The molecule has 4 rings (SSSR count). The lowest BCUT2D eigenvalue weighted by Gasteiger charge is -2.05. The van der Waals surface area contributed by atoms with Crippen LogP contribution in [0.2, 0.25) is 0 Å². The number of carbonyl (C=O) groups is 1. The van der Waals surface area contributed by atoms with Gasteiger partial charge in [0.2, 0.25) is 0 Å². The van der Waals surface area contributed by atoms with Crippen LogP contribution in [0.4, 0.5) is 0 Å². The highest BCUT2D eigenvalue weighted by Gasteiger charge is 2.26. The van der Waals surface area contributed by atoms with Gasteiger partial charge in [-0.05, 0) is 12.1 Å². The molecule has 1 aliphatic rings. The fraction of sp³-hybridized carbons (Fsp3) is 0.111. The Morgan fingerprint density at radius 3 is 2.65 bits per heavy atom. The number of fused-ring (bicyclic) bond motifs is 2. The second-order valence-electron chi connectivity index (χ2n) is 5.47. The van der Waals surface area contributed by atoms with Gasteiger partial charge >= 0.3 is 0 Å². The van der Waals surface area contributed by atoms with Gasteiger partial charge < -0.3 is 15.4 Å². The van der Waals surface area contributed by atoms with Gasteiger partial charge in [-0.25, -0.2) is 4.99 Å². The summed E-state index contributed by atoms with van der Waals surface area (Å²) in [5, 5.41) is 13.0. The Bertz CT molecular complexity index is 1060. The Morgan fingerprint density at radius 1 is 1.09 bits per heavy atom. The Labute approximate surface area is 132 Å². The van der Waals surface area contributed by atoms with Crippen LogP contribution in [0.3, 0.4) is 0 Å². The molecule has 5 nitrogen and oxygen atoms in total. The summed E-state index contributed by atoms with van der Waals surface area (Å²) < 4.78 is 1.74. The number of rotatable bonds is 3. The van der Waals surface area contributed by atoms with Crippen molar-refractivity contribution in [2.75, 3.05) is 6.54 Å². The summed E-state index contributed by atoms with van der Waals surface area (Å²) in [5.41, 5.74) is 7.50. The molecule has 0 fully saturated rings. The number of para-hydroxylation sites is 2. The molecule has 2 aromatic carbocycles. The molecule has 0 unspecified atom stereocenters. The van der Waals surface area contributed by atoms with E-state index in [1.807, 2.05) is 42.5 Å². The summed E-state index contributed by atoms with van der Waals surface area (Å²) in [6, 6.07) is 15.0. The van der Waals surface area contributed by atoms with Crippen molar-refractivity contribution in [2.45, 2.75) is 6.54 Å².